The van der Waals surface area contributed by atoms with Crippen molar-refractivity contribution in [2.24, 2.45) is 0 Å². The number of benzene rings is 2. The Morgan fingerprint density at radius 3 is 2.55 bits per heavy atom. The average Bonchev–Trinajstić information content (AvgIpc) is 2.95. The molecule has 3 aromatic rings. The zero-order valence-electron chi connectivity index (χ0n) is 16.9. The first kappa shape index (κ1) is 20.6. The number of nitriles is 1. The predicted molar refractivity (Wildman–Crippen MR) is 121 cm³/mol. The minimum Gasteiger partial charge on any atom is -0.321 e. The Kier molecular flexibility index (Phi) is 6.05. The molecule has 5 heteroatoms. The number of aromatic nitrogens is 1. The molecule has 4 nitrogen and oxygen atoms in total. The highest BCUT2D eigenvalue weighted by Crippen LogP contribution is 2.25. The van der Waals surface area contributed by atoms with Gasteiger partial charge in [0.25, 0.3) is 5.91 Å². The molecule has 0 aliphatic rings. The number of carbonyl (C=O) groups excluding carboxylic acids is 1. The Bertz CT molecular complexity index is 1170. The average molecular weight is 448 g/mol. The van der Waals surface area contributed by atoms with E-state index in [1.165, 1.54) is 0 Å². The van der Waals surface area contributed by atoms with Gasteiger partial charge in [0.15, 0.2) is 0 Å². The SMILES string of the molecule is Cc1ccc(C)c(NC(=O)/C(C#N)=C/c2cc(C)n(-c3cccc(Br)c3)c2C)c1. The lowest BCUT2D eigenvalue weighted by molar-refractivity contribution is -0.112. The zero-order chi connectivity index (χ0) is 21.1. The van der Waals surface area contributed by atoms with Crippen molar-refractivity contribution >= 4 is 33.6 Å². The summed E-state index contributed by atoms with van der Waals surface area (Å²) >= 11 is 3.51. The summed E-state index contributed by atoms with van der Waals surface area (Å²) < 4.78 is 3.10. The first-order chi connectivity index (χ1) is 13.8. The molecule has 0 fully saturated rings. The molecule has 146 valence electrons. The summed E-state index contributed by atoms with van der Waals surface area (Å²) in [7, 11) is 0. The predicted octanol–water partition coefficient (Wildman–Crippen LogP) is 6.02. The number of amides is 1. The van der Waals surface area contributed by atoms with Crippen molar-refractivity contribution in [3.05, 3.63) is 86.7 Å². The highest BCUT2D eigenvalue weighted by Gasteiger charge is 2.15. The van der Waals surface area contributed by atoms with Gasteiger partial charge in [0, 0.05) is 27.2 Å². The van der Waals surface area contributed by atoms with E-state index in [9.17, 15) is 10.1 Å². The molecule has 29 heavy (non-hydrogen) atoms. The standard InChI is InChI=1S/C24H22BrN3O/c1-15-8-9-16(2)23(10-15)27-24(29)20(14-26)12-19-11-17(3)28(18(19)4)22-7-5-6-21(25)13-22/h5-13H,1-4H3,(H,27,29)/b20-12+. The fourth-order valence-electron chi connectivity index (χ4n) is 3.31. The first-order valence-corrected chi connectivity index (χ1v) is 10.0. The Labute approximate surface area is 179 Å². The van der Waals surface area contributed by atoms with Crippen molar-refractivity contribution in [1.82, 2.24) is 4.57 Å². The molecule has 1 amide bonds. The monoisotopic (exact) mass is 447 g/mol. The number of halogens is 1. The number of nitrogens with one attached hydrogen (secondary N) is 1. The minimum atomic E-state index is -0.409. The highest BCUT2D eigenvalue weighted by molar-refractivity contribution is 9.10. The summed E-state index contributed by atoms with van der Waals surface area (Å²) in [4.78, 5) is 12.7. The van der Waals surface area contributed by atoms with Crippen LogP contribution in [-0.4, -0.2) is 10.5 Å². The van der Waals surface area contributed by atoms with Gasteiger partial charge in [-0.15, -0.1) is 0 Å². The van der Waals surface area contributed by atoms with Crippen molar-refractivity contribution in [2.45, 2.75) is 27.7 Å². The summed E-state index contributed by atoms with van der Waals surface area (Å²) in [5, 5.41) is 12.4. The lowest BCUT2D eigenvalue weighted by atomic mass is 10.1. The van der Waals surface area contributed by atoms with E-state index in [2.05, 4.69) is 25.8 Å². The summed E-state index contributed by atoms with van der Waals surface area (Å²) in [5.74, 6) is -0.409. The van der Waals surface area contributed by atoms with Gasteiger partial charge in [0.05, 0.1) is 0 Å². The van der Waals surface area contributed by atoms with Gasteiger partial charge in [-0.2, -0.15) is 5.26 Å². The summed E-state index contributed by atoms with van der Waals surface area (Å²) in [6, 6.07) is 17.9. The smallest absolute Gasteiger partial charge is 0.266 e. The summed E-state index contributed by atoms with van der Waals surface area (Å²) in [6.07, 6.45) is 1.65. The van der Waals surface area contributed by atoms with E-state index in [0.717, 1.165) is 43.9 Å². The molecule has 0 aliphatic carbocycles. The molecule has 0 atom stereocenters. The largest absolute Gasteiger partial charge is 0.321 e. The van der Waals surface area contributed by atoms with Gasteiger partial charge >= 0.3 is 0 Å². The summed E-state index contributed by atoms with van der Waals surface area (Å²) in [5.41, 5.74) is 6.64. The molecule has 1 heterocycles. The second-order valence-corrected chi connectivity index (χ2v) is 8.00. The van der Waals surface area contributed by atoms with Crippen molar-refractivity contribution in [3.63, 3.8) is 0 Å². The molecule has 0 unspecified atom stereocenters. The zero-order valence-corrected chi connectivity index (χ0v) is 18.5. The van der Waals surface area contributed by atoms with E-state index in [0.29, 0.717) is 0 Å². The van der Waals surface area contributed by atoms with E-state index in [1.807, 2.05) is 82.3 Å². The highest BCUT2D eigenvalue weighted by atomic mass is 79.9. The van der Waals surface area contributed by atoms with Crippen LogP contribution in [0.3, 0.4) is 0 Å². The van der Waals surface area contributed by atoms with Crippen LogP contribution in [0.4, 0.5) is 5.69 Å². The van der Waals surface area contributed by atoms with Crippen molar-refractivity contribution in [1.29, 1.82) is 5.26 Å². The molecule has 0 spiro atoms. The molecule has 0 bridgehead atoms. The third-order valence-electron chi connectivity index (χ3n) is 4.84. The van der Waals surface area contributed by atoms with Crippen LogP contribution < -0.4 is 5.32 Å². The van der Waals surface area contributed by atoms with Gasteiger partial charge in [0.1, 0.15) is 11.6 Å². The number of rotatable bonds is 4. The van der Waals surface area contributed by atoms with E-state index < -0.39 is 5.91 Å². The first-order valence-electron chi connectivity index (χ1n) is 9.25. The van der Waals surface area contributed by atoms with Gasteiger partial charge in [-0.1, -0.05) is 34.1 Å². The van der Waals surface area contributed by atoms with Crippen molar-refractivity contribution in [2.75, 3.05) is 5.32 Å². The third kappa shape index (κ3) is 4.49. The molecular formula is C24H22BrN3O. The van der Waals surface area contributed by atoms with Gasteiger partial charge < -0.3 is 9.88 Å². The second kappa shape index (κ2) is 8.50. The molecule has 0 saturated carbocycles. The number of carbonyl (C=O) groups is 1. The van der Waals surface area contributed by atoms with Gasteiger partial charge in [-0.25, -0.2) is 0 Å². The number of nitrogens with zero attached hydrogens (tertiary/aromatic N) is 2. The van der Waals surface area contributed by atoms with E-state index >= 15 is 0 Å². The maximum Gasteiger partial charge on any atom is 0.266 e. The van der Waals surface area contributed by atoms with Crippen LogP contribution in [0.5, 0.6) is 0 Å². The fourth-order valence-corrected chi connectivity index (χ4v) is 3.70. The quantitative estimate of drug-likeness (QED) is 0.392. The molecule has 1 N–H and O–H groups in total. The number of anilines is 1. The van der Waals surface area contributed by atoms with Crippen LogP contribution in [0, 0.1) is 39.0 Å². The van der Waals surface area contributed by atoms with Crippen LogP contribution in [0.1, 0.15) is 28.1 Å². The number of hydrogen-bond donors (Lipinski definition) is 1. The van der Waals surface area contributed by atoms with Gasteiger partial charge in [-0.05, 0) is 80.8 Å². The van der Waals surface area contributed by atoms with Gasteiger partial charge in [0.2, 0.25) is 0 Å². The third-order valence-corrected chi connectivity index (χ3v) is 5.34. The molecule has 3 rings (SSSR count). The molecule has 0 saturated heterocycles. The number of aryl methyl sites for hydroxylation is 3. The Hall–Kier alpha value is -3.10. The van der Waals surface area contributed by atoms with Crippen LogP contribution in [0.15, 0.2) is 58.6 Å². The molecular weight excluding hydrogens is 426 g/mol. The Morgan fingerprint density at radius 2 is 1.86 bits per heavy atom. The fraction of sp³-hybridized carbons (Fsp3) is 0.167. The lowest BCUT2D eigenvalue weighted by Gasteiger charge is -2.10. The van der Waals surface area contributed by atoms with Crippen LogP contribution in [0.2, 0.25) is 0 Å². The van der Waals surface area contributed by atoms with E-state index in [1.54, 1.807) is 6.08 Å². The molecule has 0 aliphatic heterocycles. The van der Waals surface area contributed by atoms with Crippen LogP contribution >= 0.6 is 15.9 Å². The Balaban J connectivity index is 1.96. The maximum absolute atomic E-state index is 12.7. The molecule has 2 aromatic carbocycles. The molecule has 0 radical (unpaired) electrons. The topological polar surface area (TPSA) is 57.8 Å². The minimum absolute atomic E-state index is 0.0698. The number of hydrogen-bond acceptors (Lipinski definition) is 2. The lowest BCUT2D eigenvalue weighted by Crippen LogP contribution is -2.14. The van der Waals surface area contributed by atoms with E-state index in [-0.39, 0.29) is 5.57 Å². The van der Waals surface area contributed by atoms with Gasteiger partial charge in [-0.3, -0.25) is 4.79 Å². The van der Waals surface area contributed by atoms with Crippen molar-refractivity contribution < 1.29 is 4.79 Å². The molecule has 1 aromatic heterocycles. The summed E-state index contributed by atoms with van der Waals surface area (Å²) in [6.45, 7) is 7.88. The van der Waals surface area contributed by atoms with Crippen LogP contribution in [0.25, 0.3) is 11.8 Å². The normalized spacial score (nSPS) is 11.2. The van der Waals surface area contributed by atoms with Crippen LogP contribution in [-0.2, 0) is 4.79 Å². The second-order valence-electron chi connectivity index (χ2n) is 7.08. The maximum atomic E-state index is 12.7. The Morgan fingerprint density at radius 1 is 1.10 bits per heavy atom. The van der Waals surface area contributed by atoms with E-state index in [4.69, 9.17) is 0 Å². The van der Waals surface area contributed by atoms with Crippen molar-refractivity contribution in [3.8, 4) is 11.8 Å².